The fourth-order valence-electron chi connectivity index (χ4n) is 3.56. The number of carbonyl (C=O) groups excluding carboxylic acids is 2. The maximum atomic E-state index is 12.8. The van der Waals surface area contributed by atoms with Gasteiger partial charge in [-0.3, -0.25) is 14.6 Å². The second-order valence-electron chi connectivity index (χ2n) is 7.25. The molecule has 0 aliphatic carbocycles. The van der Waals surface area contributed by atoms with E-state index >= 15 is 0 Å². The second-order valence-corrected chi connectivity index (χ2v) is 8.25. The molecule has 4 rings (SSSR count). The van der Waals surface area contributed by atoms with Crippen LogP contribution in [0.3, 0.4) is 0 Å². The van der Waals surface area contributed by atoms with Crippen LogP contribution in [0.1, 0.15) is 10.4 Å². The molecule has 1 aromatic heterocycles. The van der Waals surface area contributed by atoms with Gasteiger partial charge in [0.2, 0.25) is 12.3 Å². The van der Waals surface area contributed by atoms with E-state index in [-0.39, 0.29) is 25.5 Å². The van der Waals surface area contributed by atoms with E-state index in [1.165, 1.54) is 22.9 Å². The lowest BCUT2D eigenvalue weighted by Crippen LogP contribution is -2.50. The van der Waals surface area contributed by atoms with E-state index < -0.39 is 24.3 Å². The van der Waals surface area contributed by atoms with Crippen molar-refractivity contribution < 1.29 is 18.4 Å². The van der Waals surface area contributed by atoms with Crippen LogP contribution in [-0.2, 0) is 4.79 Å². The van der Waals surface area contributed by atoms with Gasteiger partial charge in [0.1, 0.15) is 6.04 Å². The fraction of sp³-hybridized carbons (Fsp3) is 0.400. The molecule has 7 nitrogen and oxygen atoms in total. The van der Waals surface area contributed by atoms with Gasteiger partial charge in [-0.2, -0.15) is 5.26 Å². The number of pyridine rings is 1. The zero-order valence-electron chi connectivity index (χ0n) is 15.9. The highest BCUT2D eigenvalue weighted by atomic mass is 32.2. The Bertz CT molecular complexity index is 1020. The molecule has 0 spiro atoms. The van der Waals surface area contributed by atoms with E-state index in [0.717, 1.165) is 5.69 Å². The van der Waals surface area contributed by atoms with Gasteiger partial charge in [-0.25, -0.2) is 8.78 Å². The Morgan fingerprint density at radius 1 is 1.33 bits per heavy atom. The molecule has 2 saturated heterocycles. The first-order valence-electron chi connectivity index (χ1n) is 9.45. The van der Waals surface area contributed by atoms with E-state index in [9.17, 15) is 18.4 Å². The van der Waals surface area contributed by atoms with Crippen LogP contribution in [-0.4, -0.2) is 65.4 Å². The first-order valence-corrected chi connectivity index (χ1v) is 10.6. The minimum Gasteiger partial charge on any atom is -0.370 e. The third kappa shape index (κ3) is 3.89. The van der Waals surface area contributed by atoms with Crippen molar-refractivity contribution >= 4 is 40.2 Å². The summed E-state index contributed by atoms with van der Waals surface area (Å²) in [6.07, 6.45) is -0.824. The van der Waals surface area contributed by atoms with Crippen LogP contribution in [0.2, 0.25) is 0 Å². The molecule has 0 bridgehead atoms. The molecule has 10 heteroatoms. The van der Waals surface area contributed by atoms with Crippen LogP contribution >= 0.6 is 11.8 Å². The Morgan fingerprint density at radius 2 is 2.13 bits per heavy atom. The molecule has 156 valence electrons. The SMILES string of the molecule is N#C[C@@H]1CSCN1C(=O)CNC(=O)c1ccnc2ccc(N3CC(C(F)F)C3)cc12. The van der Waals surface area contributed by atoms with E-state index in [4.69, 9.17) is 5.26 Å². The largest absolute Gasteiger partial charge is 0.370 e. The highest BCUT2D eigenvalue weighted by Crippen LogP contribution is 2.31. The first kappa shape index (κ1) is 20.3. The third-order valence-corrected chi connectivity index (χ3v) is 6.37. The normalized spacial score (nSPS) is 19.1. The molecule has 0 unspecified atom stereocenters. The third-order valence-electron chi connectivity index (χ3n) is 5.35. The predicted octanol–water partition coefficient (Wildman–Crippen LogP) is 2.09. The van der Waals surface area contributed by atoms with Gasteiger partial charge < -0.3 is 15.1 Å². The molecule has 1 N–H and O–H groups in total. The number of rotatable bonds is 5. The van der Waals surface area contributed by atoms with Crippen LogP contribution in [0, 0.1) is 17.2 Å². The minimum absolute atomic E-state index is 0.205. The van der Waals surface area contributed by atoms with E-state index in [0.29, 0.717) is 28.1 Å². The fourth-order valence-corrected chi connectivity index (χ4v) is 4.66. The lowest BCUT2D eigenvalue weighted by Gasteiger charge is -2.40. The maximum Gasteiger partial charge on any atom is 0.252 e. The molecular formula is C20H19F2N5O2S. The van der Waals surface area contributed by atoms with Crippen LogP contribution < -0.4 is 10.2 Å². The number of alkyl halides is 2. The van der Waals surface area contributed by atoms with Gasteiger partial charge in [0.05, 0.1) is 35.5 Å². The van der Waals surface area contributed by atoms with Crippen LogP contribution in [0.25, 0.3) is 10.9 Å². The van der Waals surface area contributed by atoms with Crippen LogP contribution in [0.15, 0.2) is 30.5 Å². The number of hydrogen-bond acceptors (Lipinski definition) is 6. The number of anilines is 1. The topological polar surface area (TPSA) is 89.3 Å². The van der Waals surface area contributed by atoms with Crippen molar-refractivity contribution in [3.05, 3.63) is 36.0 Å². The van der Waals surface area contributed by atoms with Crippen molar-refractivity contribution in [1.82, 2.24) is 15.2 Å². The molecule has 2 amide bonds. The van der Waals surface area contributed by atoms with Gasteiger partial charge in [0.15, 0.2) is 0 Å². The number of hydrogen-bond donors (Lipinski definition) is 1. The molecule has 30 heavy (non-hydrogen) atoms. The van der Waals surface area contributed by atoms with Crippen molar-refractivity contribution in [2.45, 2.75) is 12.5 Å². The Kier molecular flexibility index (Phi) is 5.72. The summed E-state index contributed by atoms with van der Waals surface area (Å²) < 4.78 is 25.5. The molecule has 2 aliphatic heterocycles. The number of amides is 2. The zero-order valence-corrected chi connectivity index (χ0v) is 16.7. The number of carbonyl (C=O) groups is 2. The number of fused-ring (bicyclic) bond motifs is 1. The number of nitriles is 1. The summed E-state index contributed by atoms with van der Waals surface area (Å²) in [7, 11) is 0. The highest BCUT2D eigenvalue weighted by Gasteiger charge is 2.34. The van der Waals surface area contributed by atoms with Crippen LogP contribution in [0.4, 0.5) is 14.5 Å². The van der Waals surface area contributed by atoms with E-state index in [2.05, 4.69) is 16.4 Å². The van der Waals surface area contributed by atoms with E-state index in [1.807, 2.05) is 4.90 Å². The number of nitrogens with zero attached hydrogens (tertiary/aromatic N) is 4. The summed E-state index contributed by atoms with van der Waals surface area (Å²) in [4.78, 5) is 32.6. The number of nitrogens with one attached hydrogen (secondary N) is 1. The average Bonchev–Trinajstić information content (AvgIpc) is 3.19. The monoisotopic (exact) mass is 431 g/mol. The molecule has 0 radical (unpaired) electrons. The summed E-state index contributed by atoms with van der Waals surface area (Å²) >= 11 is 1.50. The lowest BCUT2D eigenvalue weighted by molar-refractivity contribution is -0.129. The highest BCUT2D eigenvalue weighted by molar-refractivity contribution is 7.99. The summed E-state index contributed by atoms with van der Waals surface area (Å²) in [6, 6.07) is 8.50. The number of thioether (sulfide) groups is 1. The van der Waals surface area contributed by atoms with Crippen LogP contribution in [0.5, 0.6) is 0 Å². The minimum atomic E-state index is -2.34. The van der Waals surface area contributed by atoms with Gasteiger partial charge in [0.25, 0.3) is 5.91 Å². The molecule has 1 atom stereocenters. The Hall–Kier alpha value is -2.93. The summed E-state index contributed by atoms with van der Waals surface area (Å²) in [5.74, 6) is -0.370. The Labute approximate surface area is 176 Å². The van der Waals surface area contributed by atoms with Crippen molar-refractivity contribution in [3.8, 4) is 6.07 Å². The van der Waals surface area contributed by atoms with Crippen molar-refractivity contribution in [3.63, 3.8) is 0 Å². The van der Waals surface area contributed by atoms with Gasteiger partial charge in [0, 0.05) is 36.1 Å². The average molecular weight is 431 g/mol. The smallest absolute Gasteiger partial charge is 0.252 e. The summed E-state index contributed by atoms with van der Waals surface area (Å²) in [5.41, 5.74) is 1.71. The van der Waals surface area contributed by atoms with Crippen molar-refractivity contribution in [2.24, 2.45) is 5.92 Å². The summed E-state index contributed by atoms with van der Waals surface area (Å²) in [6.45, 7) is 0.337. The van der Waals surface area contributed by atoms with Gasteiger partial charge in [-0.1, -0.05) is 0 Å². The molecule has 2 aliphatic rings. The van der Waals surface area contributed by atoms with Gasteiger partial charge in [-0.15, -0.1) is 11.8 Å². The molecule has 3 heterocycles. The number of aromatic nitrogens is 1. The zero-order chi connectivity index (χ0) is 21.3. The second kappa shape index (κ2) is 8.44. The standard InChI is InChI=1S/C20H19F2N5O2S/c21-19(22)12-8-26(9-12)13-1-2-17-16(5-13)15(3-4-24-17)20(29)25-7-18(28)27-11-30-10-14(27)6-23/h1-5,12,14,19H,7-11H2,(H,25,29)/t14-/m1/s1. The predicted molar refractivity (Wildman–Crippen MR) is 109 cm³/mol. The molecular weight excluding hydrogens is 412 g/mol. The molecule has 2 aromatic rings. The quantitative estimate of drug-likeness (QED) is 0.780. The van der Waals surface area contributed by atoms with Crippen molar-refractivity contribution in [2.75, 3.05) is 36.2 Å². The van der Waals surface area contributed by atoms with Gasteiger partial charge in [-0.05, 0) is 24.3 Å². The maximum absolute atomic E-state index is 12.8. The van der Waals surface area contributed by atoms with Crippen molar-refractivity contribution in [1.29, 1.82) is 5.26 Å². The van der Waals surface area contributed by atoms with E-state index in [1.54, 1.807) is 24.3 Å². The number of halogens is 2. The lowest BCUT2D eigenvalue weighted by atomic mass is 9.99. The summed E-state index contributed by atoms with van der Waals surface area (Å²) in [5, 5.41) is 12.3. The molecule has 0 saturated carbocycles. The Balaban J connectivity index is 1.48. The molecule has 2 fully saturated rings. The first-order chi connectivity index (χ1) is 14.5. The number of benzene rings is 1. The Morgan fingerprint density at radius 3 is 2.87 bits per heavy atom. The molecule has 1 aromatic carbocycles. The van der Waals surface area contributed by atoms with Gasteiger partial charge >= 0.3 is 0 Å².